The zero-order valence-corrected chi connectivity index (χ0v) is 16.2. The molecule has 2 heterocycles. The van der Waals surface area contributed by atoms with E-state index in [1.165, 1.54) is 6.33 Å². The first-order chi connectivity index (χ1) is 14.1. The third-order valence-corrected chi connectivity index (χ3v) is 4.42. The van der Waals surface area contributed by atoms with Crippen LogP contribution in [0.5, 0.6) is 0 Å². The lowest BCUT2D eigenvalue weighted by atomic mass is 10.2. The number of carbonyl (C=O) groups excluding carboxylic acids is 1. The number of ether oxygens (including phenoxy) is 2. The molecule has 0 N–H and O–H groups in total. The van der Waals surface area contributed by atoms with Crippen LogP contribution in [0, 0.1) is 10.1 Å². The first-order valence-corrected chi connectivity index (χ1v) is 9.36. The summed E-state index contributed by atoms with van der Waals surface area (Å²) in [7, 11) is 0. The molecule has 1 aliphatic heterocycles. The summed E-state index contributed by atoms with van der Waals surface area (Å²) in [6.07, 6.45) is 1.29. The van der Waals surface area contributed by atoms with E-state index in [-0.39, 0.29) is 37.0 Å². The van der Waals surface area contributed by atoms with Crippen molar-refractivity contribution >= 4 is 23.3 Å². The SMILES string of the molecule is CCOC(=O)CN(Cc1ccccc1)c1ncnc(N2CCOCC2)c1[N+](=O)[O-]. The van der Waals surface area contributed by atoms with Crippen molar-refractivity contribution in [3.05, 3.63) is 52.3 Å². The molecule has 0 saturated carbocycles. The quantitative estimate of drug-likeness (QED) is 0.371. The lowest BCUT2D eigenvalue weighted by molar-refractivity contribution is -0.383. The molecular formula is C19H23N5O5. The van der Waals surface area contributed by atoms with Crippen LogP contribution < -0.4 is 9.80 Å². The molecule has 0 unspecified atom stereocenters. The first kappa shape index (κ1) is 20.5. The highest BCUT2D eigenvalue weighted by atomic mass is 16.6. The summed E-state index contributed by atoms with van der Waals surface area (Å²) in [6.45, 7) is 3.96. The van der Waals surface area contributed by atoms with Gasteiger partial charge in [0.2, 0.25) is 11.6 Å². The van der Waals surface area contributed by atoms with Crippen LogP contribution in [0.15, 0.2) is 36.7 Å². The van der Waals surface area contributed by atoms with Crippen LogP contribution in [0.4, 0.5) is 17.3 Å². The van der Waals surface area contributed by atoms with Crippen LogP contribution in [0.1, 0.15) is 12.5 Å². The molecule has 2 aromatic rings. The van der Waals surface area contributed by atoms with Crippen LogP contribution in [-0.2, 0) is 20.8 Å². The number of nitro groups is 1. The molecule has 0 aliphatic carbocycles. The van der Waals surface area contributed by atoms with E-state index in [1.54, 1.807) is 16.7 Å². The Kier molecular flexibility index (Phi) is 6.90. The fraction of sp³-hybridized carbons (Fsp3) is 0.421. The summed E-state index contributed by atoms with van der Waals surface area (Å²) in [4.78, 5) is 35.4. The summed E-state index contributed by atoms with van der Waals surface area (Å²) < 4.78 is 10.4. The van der Waals surface area contributed by atoms with Gasteiger partial charge in [-0.2, -0.15) is 0 Å². The molecule has 1 aromatic heterocycles. The monoisotopic (exact) mass is 401 g/mol. The van der Waals surface area contributed by atoms with E-state index in [9.17, 15) is 14.9 Å². The Morgan fingerprint density at radius 2 is 2.00 bits per heavy atom. The lowest BCUT2D eigenvalue weighted by Gasteiger charge is -2.29. The molecule has 154 valence electrons. The molecule has 3 rings (SSSR count). The maximum atomic E-state index is 12.2. The molecule has 1 aliphatic rings. The predicted molar refractivity (Wildman–Crippen MR) is 106 cm³/mol. The van der Waals surface area contributed by atoms with E-state index in [1.807, 2.05) is 30.3 Å². The summed E-state index contributed by atoms with van der Waals surface area (Å²) in [5.41, 5.74) is 0.660. The van der Waals surface area contributed by atoms with Crippen LogP contribution in [0.2, 0.25) is 0 Å². The van der Waals surface area contributed by atoms with E-state index in [2.05, 4.69) is 9.97 Å². The predicted octanol–water partition coefficient (Wildman–Crippen LogP) is 1.79. The van der Waals surface area contributed by atoms with Crippen molar-refractivity contribution < 1.29 is 19.2 Å². The molecular weight excluding hydrogens is 378 g/mol. The molecule has 10 nitrogen and oxygen atoms in total. The molecule has 10 heteroatoms. The van der Waals surface area contributed by atoms with Crippen molar-refractivity contribution in [3.8, 4) is 0 Å². The number of anilines is 2. The van der Waals surface area contributed by atoms with Gasteiger partial charge in [-0.3, -0.25) is 14.9 Å². The van der Waals surface area contributed by atoms with Gasteiger partial charge in [0.25, 0.3) is 0 Å². The van der Waals surface area contributed by atoms with Crippen molar-refractivity contribution in [2.45, 2.75) is 13.5 Å². The Balaban J connectivity index is 2.00. The highest BCUT2D eigenvalue weighted by Gasteiger charge is 2.31. The summed E-state index contributed by atoms with van der Waals surface area (Å²) in [5, 5.41) is 12.0. The topological polar surface area (TPSA) is 111 Å². The highest BCUT2D eigenvalue weighted by molar-refractivity contribution is 5.79. The third-order valence-electron chi connectivity index (χ3n) is 4.42. The lowest BCUT2D eigenvalue weighted by Crippen LogP contribution is -2.38. The van der Waals surface area contributed by atoms with Gasteiger partial charge in [-0.15, -0.1) is 0 Å². The number of esters is 1. The minimum atomic E-state index is -0.497. The molecule has 29 heavy (non-hydrogen) atoms. The van der Waals surface area contributed by atoms with Crippen molar-refractivity contribution in [1.82, 2.24) is 9.97 Å². The second kappa shape index (κ2) is 9.78. The number of aromatic nitrogens is 2. The van der Waals surface area contributed by atoms with Gasteiger partial charge in [0.1, 0.15) is 12.9 Å². The number of hydrogen-bond acceptors (Lipinski definition) is 9. The molecule has 0 bridgehead atoms. The normalized spacial score (nSPS) is 13.8. The molecule has 0 atom stereocenters. The molecule has 1 fully saturated rings. The number of carbonyl (C=O) groups is 1. The maximum Gasteiger partial charge on any atom is 0.353 e. The van der Waals surface area contributed by atoms with Gasteiger partial charge in [-0.25, -0.2) is 9.97 Å². The minimum Gasteiger partial charge on any atom is -0.465 e. The number of hydrogen-bond donors (Lipinski definition) is 0. The summed E-state index contributed by atoms with van der Waals surface area (Å²) in [6, 6.07) is 9.38. The first-order valence-electron chi connectivity index (χ1n) is 9.36. The summed E-state index contributed by atoms with van der Waals surface area (Å²) >= 11 is 0. The van der Waals surface area contributed by atoms with Gasteiger partial charge < -0.3 is 19.3 Å². The van der Waals surface area contributed by atoms with Crippen LogP contribution in [0.25, 0.3) is 0 Å². The third kappa shape index (κ3) is 5.17. The standard InChI is InChI=1S/C19H23N5O5/c1-2-29-16(25)13-23(12-15-6-4-3-5-7-15)19-17(24(26)27)18(20-14-21-19)22-8-10-28-11-9-22/h3-7,14H,2,8-13H2,1H3. The highest BCUT2D eigenvalue weighted by Crippen LogP contribution is 2.35. The van der Waals surface area contributed by atoms with Crippen molar-refractivity contribution in [1.29, 1.82) is 0 Å². The molecule has 1 aromatic carbocycles. The van der Waals surface area contributed by atoms with E-state index >= 15 is 0 Å². The fourth-order valence-electron chi connectivity index (χ4n) is 3.13. The Morgan fingerprint density at radius 1 is 1.28 bits per heavy atom. The zero-order chi connectivity index (χ0) is 20.6. The van der Waals surface area contributed by atoms with Crippen molar-refractivity contribution in [3.63, 3.8) is 0 Å². The molecule has 0 spiro atoms. The Hall–Kier alpha value is -3.27. The van der Waals surface area contributed by atoms with Gasteiger partial charge in [0.05, 0.1) is 24.7 Å². The van der Waals surface area contributed by atoms with E-state index in [0.717, 1.165) is 5.56 Å². The van der Waals surface area contributed by atoms with Crippen molar-refractivity contribution in [2.75, 3.05) is 49.3 Å². The van der Waals surface area contributed by atoms with Gasteiger partial charge in [-0.1, -0.05) is 30.3 Å². The number of benzene rings is 1. The number of nitrogens with zero attached hydrogens (tertiary/aromatic N) is 5. The molecule has 1 saturated heterocycles. The molecule has 0 radical (unpaired) electrons. The largest absolute Gasteiger partial charge is 0.465 e. The van der Waals surface area contributed by atoms with E-state index in [4.69, 9.17) is 9.47 Å². The number of morpholine rings is 1. The Morgan fingerprint density at radius 3 is 2.66 bits per heavy atom. The zero-order valence-electron chi connectivity index (χ0n) is 16.2. The van der Waals surface area contributed by atoms with Crippen LogP contribution >= 0.6 is 0 Å². The van der Waals surface area contributed by atoms with Gasteiger partial charge >= 0.3 is 11.7 Å². The summed E-state index contributed by atoms with van der Waals surface area (Å²) in [5.74, 6) is -0.169. The average Bonchev–Trinajstić information content (AvgIpc) is 2.74. The van der Waals surface area contributed by atoms with E-state index < -0.39 is 10.9 Å². The molecule has 0 amide bonds. The smallest absolute Gasteiger partial charge is 0.353 e. The minimum absolute atomic E-state index is 0.0865. The van der Waals surface area contributed by atoms with Gasteiger partial charge in [0, 0.05) is 19.6 Å². The van der Waals surface area contributed by atoms with Gasteiger partial charge in [-0.05, 0) is 12.5 Å². The number of rotatable bonds is 8. The second-order valence-corrected chi connectivity index (χ2v) is 6.37. The van der Waals surface area contributed by atoms with Gasteiger partial charge in [0.15, 0.2) is 0 Å². The van der Waals surface area contributed by atoms with Crippen LogP contribution in [-0.4, -0.2) is 60.3 Å². The van der Waals surface area contributed by atoms with Crippen LogP contribution in [0.3, 0.4) is 0 Å². The Labute approximate surface area is 168 Å². The maximum absolute atomic E-state index is 12.2. The fourth-order valence-corrected chi connectivity index (χ4v) is 3.13. The Bertz CT molecular complexity index is 842. The second-order valence-electron chi connectivity index (χ2n) is 6.37. The van der Waals surface area contributed by atoms with E-state index in [0.29, 0.717) is 26.3 Å². The van der Waals surface area contributed by atoms with Crippen molar-refractivity contribution in [2.24, 2.45) is 0 Å². The average molecular weight is 401 g/mol.